The average molecular weight is 258 g/mol. The van der Waals surface area contributed by atoms with Crippen LogP contribution < -0.4 is 5.32 Å². The van der Waals surface area contributed by atoms with E-state index in [0.29, 0.717) is 6.10 Å². The first-order chi connectivity index (χ1) is 9.42. The number of rotatable bonds is 5. The molecule has 3 rings (SSSR count). The van der Waals surface area contributed by atoms with Crippen LogP contribution in [0.4, 0.5) is 0 Å². The molecule has 0 saturated carbocycles. The van der Waals surface area contributed by atoms with Crippen molar-refractivity contribution in [2.75, 3.05) is 13.2 Å². The predicted octanol–water partition coefficient (Wildman–Crippen LogP) is 3.22. The van der Waals surface area contributed by atoms with Gasteiger partial charge in [0.2, 0.25) is 0 Å². The molecule has 0 spiro atoms. The molecule has 0 aliphatic carbocycles. The van der Waals surface area contributed by atoms with Gasteiger partial charge in [0.15, 0.2) is 0 Å². The number of nitrogens with one attached hydrogen (secondary N) is 2. The molecule has 1 aromatic heterocycles. The summed E-state index contributed by atoms with van der Waals surface area (Å²) in [7, 11) is 0. The monoisotopic (exact) mass is 258 g/mol. The lowest BCUT2D eigenvalue weighted by Gasteiger charge is -2.22. The van der Waals surface area contributed by atoms with Gasteiger partial charge in [-0.1, -0.05) is 12.1 Å². The highest BCUT2D eigenvalue weighted by atomic mass is 16.5. The van der Waals surface area contributed by atoms with E-state index in [-0.39, 0.29) is 0 Å². The van der Waals surface area contributed by atoms with Crippen molar-refractivity contribution in [2.24, 2.45) is 0 Å². The van der Waals surface area contributed by atoms with Crippen molar-refractivity contribution >= 4 is 10.9 Å². The van der Waals surface area contributed by atoms with Gasteiger partial charge in [-0.05, 0) is 55.3 Å². The third-order valence-corrected chi connectivity index (χ3v) is 3.87. The lowest BCUT2D eigenvalue weighted by atomic mass is 10.1. The quantitative estimate of drug-likeness (QED) is 0.808. The van der Waals surface area contributed by atoms with E-state index in [1.807, 2.05) is 6.20 Å². The Balaban J connectivity index is 1.43. The molecule has 0 bridgehead atoms. The molecule has 2 aromatic rings. The fraction of sp³-hybridized carbons (Fsp3) is 0.500. The Hall–Kier alpha value is -1.32. The first-order valence-corrected chi connectivity index (χ1v) is 7.30. The summed E-state index contributed by atoms with van der Waals surface area (Å²) in [6.45, 7) is 2.92. The second-order valence-electron chi connectivity index (χ2n) is 5.35. The Morgan fingerprint density at radius 3 is 3.16 bits per heavy atom. The third-order valence-electron chi connectivity index (χ3n) is 3.87. The lowest BCUT2D eigenvalue weighted by molar-refractivity contribution is 0.0115. The number of benzene rings is 1. The van der Waals surface area contributed by atoms with Gasteiger partial charge in [-0.25, -0.2) is 0 Å². The predicted molar refractivity (Wildman–Crippen MR) is 78.2 cm³/mol. The summed E-state index contributed by atoms with van der Waals surface area (Å²) >= 11 is 0. The highest BCUT2D eigenvalue weighted by molar-refractivity contribution is 5.79. The number of ether oxygens (including phenoxy) is 1. The van der Waals surface area contributed by atoms with Gasteiger partial charge < -0.3 is 15.0 Å². The third kappa shape index (κ3) is 3.37. The first-order valence-electron chi connectivity index (χ1n) is 7.30. The summed E-state index contributed by atoms with van der Waals surface area (Å²) in [6, 6.07) is 8.69. The maximum atomic E-state index is 5.73. The summed E-state index contributed by atoms with van der Waals surface area (Å²) < 4.78 is 5.73. The van der Waals surface area contributed by atoms with Gasteiger partial charge in [0.05, 0.1) is 6.10 Å². The second-order valence-corrected chi connectivity index (χ2v) is 5.35. The van der Waals surface area contributed by atoms with Crippen molar-refractivity contribution in [3.05, 3.63) is 36.0 Å². The van der Waals surface area contributed by atoms with Crippen LogP contribution >= 0.6 is 0 Å². The Labute approximate surface area is 114 Å². The summed E-state index contributed by atoms with van der Waals surface area (Å²) in [5.74, 6) is 0. The Kier molecular flexibility index (Phi) is 4.16. The van der Waals surface area contributed by atoms with E-state index in [1.165, 1.54) is 35.7 Å². The Bertz CT molecular complexity index is 514. The molecular formula is C16H22N2O. The van der Waals surface area contributed by atoms with Gasteiger partial charge in [0.25, 0.3) is 0 Å². The van der Waals surface area contributed by atoms with Gasteiger partial charge in [0, 0.05) is 24.9 Å². The van der Waals surface area contributed by atoms with Crippen LogP contribution in [-0.2, 0) is 11.3 Å². The standard InChI is InChI=1S/C16H22N2O/c1-2-10-19-15(3-1)7-8-17-12-13-4-5-14-6-9-18-16(14)11-13/h4-6,9,11,15,17-18H,1-3,7-8,10,12H2. The van der Waals surface area contributed by atoms with E-state index >= 15 is 0 Å². The number of H-pyrrole nitrogens is 1. The van der Waals surface area contributed by atoms with Crippen LogP contribution in [0.15, 0.2) is 30.5 Å². The summed E-state index contributed by atoms with van der Waals surface area (Å²) in [5, 5.41) is 4.79. The molecule has 1 unspecified atom stereocenters. The molecule has 2 heterocycles. The normalized spacial score (nSPS) is 19.9. The molecule has 1 saturated heterocycles. The molecule has 0 amide bonds. The first kappa shape index (κ1) is 12.7. The zero-order valence-corrected chi connectivity index (χ0v) is 11.3. The van der Waals surface area contributed by atoms with Gasteiger partial charge in [-0.15, -0.1) is 0 Å². The molecule has 3 heteroatoms. The SMILES string of the molecule is c1cc2ccc(CNCCC3CCCCO3)cc2[nH]1. The zero-order chi connectivity index (χ0) is 12.9. The molecule has 3 nitrogen and oxygen atoms in total. The zero-order valence-electron chi connectivity index (χ0n) is 11.3. The fourth-order valence-electron chi connectivity index (χ4n) is 2.74. The molecule has 102 valence electrons. The molecule has 1 fully saturated rings. The van der Waals surface area contributed by atoms with Gasteiger partial charge in [0.1, 0.15) is 0 Å². The number of hydrogen-bond donors (Lipinski definition) is 2. The van der Waals surface area contributed by atoms with E-state index in [1.54, 1.807) is 0 Å². The second kappa shape index (κ2) is 6.22. The van der Waals surface area contributed by atoms with E-state index in [9.17, 15) is 0 Å². The molecular weight excluding hydrogens is 236 g/mol. The Morgan fingerprint density at radius 2 is 2.26 bits per heavy atom. The van der Waals surface area contributed by atoms with Crippen LogP contribution in [0.1, 0.15) is 31.2 Å². The molecule has 19 heavy (non-hydrogen) atoms. The number of hydrogen-bond acceptors (Lipinski definition) is 2. The van der Waals surface area contributed by atoms with Crippen LogP contribution in [0.2, 0.25) is 0 Å². The average Bonchev–Trinajstić information content (AvgIpc) is 2.92. The minimum absolute atomic E-state index is 0.479. The minimum Gasteiger partial charge on any atom is -0.378 e. The number of aromatic nitrogens is 1. The molecule has 1 atom stereocenters. The van der Waals surface area contributed by atoms with Gasteiger partial charge >= 0.3 is 0 Å². The van der Waals surface area contributed by atoms with Crippen LogP contribution in [0.3, 0.4) is 0 Å². The van der Waals surface area contributed by atoms with E-state index in [2.05, 4.69) is 34.6 Å². The largest absolute Gasteiger partial charge is 0.378 e. The van der Waals surface area contributed by atoms with Crippen molar-refractivity contribution in [1.29, 1.82) is 0 Å². The van der Waals surface area contributed by atoms with Crippen LogP contribution in [-0.4, -0.2) is 24.2 Å². The van der Waals surface area contributed by atoms with Crippen LogP contribution in [0.25, 0.3) is 10.9 Å². The molecule has 1 aromatic carbocycles. The molecule has 1 aliphatic heterocycles. The van der Waals surface area contributed by atoms with Crippen molar-refractivity contribution in [1.82, 2.24) is 10.3 Å². The minimum atomic E-state index is 0.479. The van der Waals surface area contributed by atoms with E-state index in [4.69, 9.17) is 4.74 Å². The lowest BCUT2D eigenvalue weighted by Crippen LogP contribution is -2.25. The van der Waals surface area contributed by atoms with E-state index in [0.717, 1.165) is 26.1 Å². The summed E-state index contributed by atoms with van der Waals surface area (Å²) in [6.07, 6.45) is 7.39. The molecule has 1 aliphatic rings. The maximum absolute atomic E-state index is 5.73. The highest BCUT2D eigenvalue weighted by Crippen LogP contribution is 2.16. The van der Waals surface area contributed by atoms with Crippen molar-refractivity contribution in [3.63, 3.8) is 0 Å². The van der Waals surface area contributed by atoms with Crippen LogP contribution in [0, 0.1) is 0 Å². The molecule has 0 radical (unpaired) electrons. The topological polar surface area (TPSA) is 37.0 Å². The van der Waals surface area contributed by atoms with E-state index < -0.39 is 0 Å². The molecule has 2 N–H and O–H groups in total. The summed E-state index contributed by atoms with van der Waals surface area (Å²) in [5.41, 5.74) is 2.55. The van der Waals surface area contributed by atoms with Gasteiger partial charge in [-0.2, -0.15) is 0 Å². The fourth-order valence-corrected chi connectivity index (χ4v) is 2.74. The smallest absolute Gasteiger partial charge is 0.0587 e. The maximum Gasteiger partial charge on any atom is 0.0587 e. The van der Waals surface area contributed by atoms with Crippen molar-refractivity contribution in [2.45, 2.75) is 38.3 Å². The van der Waals surface area contributed by atoms with Gasteiger partial charge in [-0.3, -0.25) is 0 Å². The van der Waals surface area contributed by atoms with Crippen molar-refractivity contribution < 1.29 is 4.74 Å². The number of aromatic amines is 1. The highest BCUT2D eigenvalue weighted by Gasteiger charge is 2.12. The van der Waals surface area contributed by atoms with Crippen molar-refractivity contribution in [3.8, 4) is 0 Å². The van der Waals surface area contributed by atoms with Crippen LogP contribution in [0.5, 0.6) is 0 Å². The number of fused-ring (bicyclic) bond motifs is 1. The Morgan fingerprint density at radius 1 is 1.26 bits per heavy atom. The summed E-state index contributed by atoms with van der Waals surface area (Å²) in [4.78, 5) is 3.25.